The van der Waals surface area contributed by atoms with Crippen LogP contribution >= 0.6 is 0 Å². The smallest absolute Gasteiger partial charge is 0.419 e. The number of hydrogen-bond acceptors (Lipinski definition) is 5. The van der Waals surface area contributed by atoms with Crippen LogP contribution in [0.25, 0.3) is 0 Å². The summed E-state index contributed by atoms with van der Waals surface area (Å²) in [6.07, 6.45) is -3.58. The second-order valence-electron chi connectivity index (χ2n) is 6.46. The third kappa shape index (κ3) is 4.82. The Morgan fingerprint density at radius 2 is 1.78 bits per heavy atom. The molecule has 0 aliphatic carbocycles. The molecule has 0 aliphatic rings. The number of sulfonamides is 1. The summed E-state index contributed by atoms with van der Waals surface area (Å²) in [4.78, 5) is 11.9. The average molecular weight is 472 g/mol. The lowest BCUT2D eigenvalue weighted by Gasteiger charge is -2.15. The molecule has 0 spiro atoms. The molecular formula is C19H16F4N4O4S. The average Bonchev–Trinajstić information content (AvgIpc) is 3.14. The Morgan fingerprint density at radius 3 is 2.38 bits per heavy atom. The van der Waals surface area contributed by atoms with Gasteiger partial charge in [0.05, 0.1) is 12.7 Å². The Bertz CT molecular complexity index is 1270. The van der Waals surface area contributed by atoms with Crippen molar-refractivity contribution < 1.29 is 35.5 Å². The maximum Gasteiger partial charge on any atom is 0.419 e. The number of ether oxygens (including phenoxy) is 1. The van der Waals surface area contributed by atoms with Gasteiger partial charge in [-0.25, -0.2) is 12.8 Å². The number of carbonyl (C=O) groups is 1. The monoisotopic (exact) mass is 472 g/mol. The van der Waals surface area contributed by atoms with Crippen molar-refractivity contribution in [3.8, 4) is 5.75 Å². The van der Waals surface area contributed by atoms with E-state index in [1.807, 2.05) is 4.72 Å². The third-order valence-corrected chi connectivity index (χ3v) is 5.71. The molecule has 0 saturated carbocycles. The molecule has 2 aromatic carbocycles. The van der Waals surface area contributed by atoms with E-state index in [1.54, 1.807) is 7.05 Å². The van der Waals surface area contributed by atoms with Crippen LogP contribution in [0.15, 0.2) is 53.6 Å². The molecule has 1 heterocycles. The number of amides is 1. The van der Waals surface area contributed by atoms with E-state index in [4.69, 9.17) is 4.74 Å². The molecule has 0 saturated heterocycles. The maximum absolute atomic E-state index is 13.5. The first kappa shape index (κ1) is 23.1. The molecule has 3 rings (SSSR count). The molecule has 0 aliphatic heterocycles. The van der Waals surface area contributed by atoms with Gasteiger partial charge >= 0.3 is 6.18 Å². The second-order valence-corrected chi connectivity index (χ2v) is 8.11. The van der Waals surface area contributed by atoms with Gasteiger partial charge in [0.25, 0.3) is 15.9 Å². The first-order chi connectivity index (χ1) is 14.9. The number of aromatic nitrogens is 2. The van der Waals surface area contributed by atoms with Gasteiger partial charge in [-0.05, 0) is 36.4 Å². The largest absolute Gasteiger partial charge is 0.495 e. The SMILES string of the molecule is COc1cc(NC(=O)c2ccnn2C)ccc1S(=O)(=O)Nc1ccc(F)c(C(F)(F)F)c1. The molecule has 0 bridgehead atoms. The van der Waals surface area contributed by atoms with Crippen molar-refractivity contribution in [2.45, 2.75) is 11.1 Å². The first-order valence-electron chi connectivity index (χ1n) is 8.79. The van der Waals surface area contributed by atoms with Crippen molar-refractivity contribution in [3.63, 3.8) is 0 Å². The van der Waals surface area contributed by atoms with Crippen LogP contribution in [0.4, 0.5) is 28.9 Å². The van der Waals surface area contributed by atoms with Gasteiger partial charge in [-0.3, -0.25) is 14.2 Å². The highest BCUT2D eigenvalue weighted by molar-refractivity contribution is 7.92. The van der Waals surface area contributed by atoms with Gasteiger partial charge in [-0.15, -0.1) is 0 Å². The number of carbonyl (C=O) groups excluding carboxylic acids is 1. The van der Waals surface area contributed by atoms with E-state index >= 15 is 0 Å². The zero-order valence-corrected chi connectivity index (χ0v) is 17.4. The lowest BCUT2D eigenvalue weighted by Crippen LogP contribution is -2.17. The fourth-order valence-corrected chi connectivity index (χ4v) is 3.98. The minimum atomic E-state index is -5.00. The van der Waals surface area contributed by atoms with Gasteiger partial charge in [0.15, 0.2) is 0 Å². The van der Waals surface area contributed by atoms with Crippen molar-refractivity contribution in [2.24, 2.45) is 7.05 Å². The summed E-state index contributed by atoms with van der Waals surface area (Å²) in [6.45, 7) is 0. The topological polar surface area (TPSA) is 102 Å². The maximum atomic E-state index is 13.5. The highest BCUT2D eigenvalue weighted by Gasteiger charge is 2.34. The molecule has 32 heavy (non-hydrogen) atoms. The van der Waals surface area contributed by atoms with Gasteiger partial charge in [-0.2, -0.15) is 18.3 Å². The molecule has 2 N–H and O–H groups in total. The summed E-state index contributed by atoms with van der Waals surface area (Å²) in [5.41, 5.74) is -1.65. The Hall–Kier alpha value is -3.61. The van der Waals surface area contributed by atoms with Crippen LogP contribution in [0, 0.1) is 5.82 Å². The summed E-state index contributed by atoms with van der Waals surface area (Å²) < 4.78 is 86.0. The number of methoxy groups -OCH3 is 1. The minimum absolute atomic E-state index is 0.182. The minimum Gasteiger partial charge on any atom is -0.495 e. The van der Waals surface area contributed by atoms with Crippen LogP contribution in [0.5, 0.6) is 5.75 Å². The lowest BCUT2D eigenvalue weighted by molar-refractivity contribution is -0.139. The van der Waals surface area contributed by atoms with Crippen molar-refractivity contribution in [3.05, 3.63) is 65.7 Å². The van der Waals surface area contributed by atoms with Gasteiger partial charge in [0, 0.05) is 30.7 Å². The predicted molar refractivity (Wildman–Crippen MR) is 106 cm³/mol. The van der Waals surface area contributed by atoms with Crippen LogP contribution in [-0.2, 0) is 23.2 Å². The zero-order valence-electron chi connectivity index (χ0n) is 16.6. The van der Waals surface area contributed by atoms with E-state index in [-0.39, 0.29) is 17.1 Å². The molecule has 0 atom stereocenters. The van der Waals surface area contributed by atoms with Crippen LogP contribution in [0.3, 0.4) is 0 Å². The summed E-state index contributed by atoms with van der Waals surface area (Å²) in [5.74, 6) is -2.23. The van der Waals surface area contributed by atoms with E-state index in [0.717, 1.165) is 12.1 Å². The van der Waals surface area contributed by atoms with Crippen LogP contribution < -0.4 is 14.8 Å². The highest BCUT2D eigenvalue weighted by atomic mass is 32.2. The normalized spacial score (nSPS) is 11.8. The first-order valence-corrected chi connectivity index (χ1v) is 10.3. The van der Waals surface area contributed by atoms with Gasteiger partial charge in [0.2, 0.25) is 0 Å². The lowest BCUT2D eigenvalue weighted by atomic mass is 10.2. The molecule has 170 valence electrons. The quantitative estimate of drug-likeness (QED) is 0.534. The highest BCUT2D eigenvalue weighted by Crippen LogP contribution is 2.34. The molecule has 1 amide bonds. The molecule has 3 aromatic rings. The van der Waals surface area contributed by atoms with Crippen molar-refractivity contribution in [1.29, 1.82) is 0 Å². The number of nitrogens with one attached hydrogen (secondary N) is 2. The van der Waals surface area contributed by atoms with E-state index in [9.17, 15) is 30.8 Å². The number of hydrogen-bond donors (Lipinski definition) is 2. The molecule has 0 unspecified atom stereocenters. The van der Waals surface area contributed by atoms with E-state index in [1.165, 1.54) is 36.2 Å². The number of anilines is 2. The summed E-state index contributed by atoms with van der Waals surface area (Å²) >= 11 is 0. The third-order valence-electron chi connectivity index (χ3n) is 4.29. The zero-order chi connectivity index (χ0) is 23.7. The van der Waals surface area contributed by atoms with E-state index in [0.29, 0.717) is 12.1 Å². The van der Waals surface area contributed by atoms with Crippen LogP contribution in [0.1, 0.15) is 16.1 Å². The van der Waals surface area contributed by atoms with E-state index in [2.05, 4.69) is 10.4 Å². The molecule has 13 heteroatoms. The standard InChI is InChI=1S/C19H16F4N4O4S/c1-27-15(7-8-24-27)18(28)25-11-4-6-17(16(10-11)31-2)32(29,30)26-12-3-5-14(20)13(9-12)19(21,22)23/h3-10,26H,1-2H3,(H,25,28). The molecule has 0 fully saturated rings. The summed E-state index contributed by atoms with van der Waals surface area (Å²) in [5, 5.41) is 6.43. The van der Waals surface area contributed by atoms with Gasteiger partial charge in [-0.1, -0.05) is 0 Å². The Labute approximate surface area is 179 Å². The molecule has 0 radical (unpaired) electrons. The number of halogens is 4. The van der Waals surface area contributed by atoms with Crippen molar-refractivity contribution >= 4 is 27.3 Å². The van der Waals surface area contributed by atoms with Crippen LogP contribution in [0.2, 0.25) is 0 Å². The number of aryl methyl sites for hydroxylation is 1. The Morgan fingerprint density at radius 1 is 1.09 bits per heavy atom. The Balaban J connectivity index is 1.88. The number of alkyl halides is 3. The Kier molecular flexibility index (Phi) is 6.12. The van der Waals surface area contributed by atoms with E-state index < -0.39 is 44.1 Å². The van der Waals surface area contributed by atoms with Crippen LogP contribution in [-0.4, -0.2) is 31.2 Å². The number of nitrogens with zero attached hydrogens (tertiary/aromatic N) is 2. The van der Waals surface area contributed by atoms with Crippen molar-refractivity contribution in [2.75, 3.05) is 17.1 Å². The second kappa shape index (κ2) is 8.49. The molecular weight excluding hydrogens is 456 g/mol. The summed E-state index contributed by atoms with van der Waals surface area (Å²) in [7, 11) is -1.67. The molecule has 8 nitrogen and oxygen atoms in total. The van der Waals surface area contributed by atoms with Crippen molar-refractivity contribution in [1.82, 2.24) is 9.78 Å². The number of rotatable bonds is 6. The van der Waals surface area contributed by atoms with Gasteiger partial charge < -0.3 is 10.1 Å². The predicted octanol–water partition coefficient (Wildman–Crippen LogP) is 3.64. The van der Waals surface area contributed by atoms with Gasteiger partial charge in [0.1, 0.15) is 22.2 Å². The fourth-order valence-electron chi connectivity index (χ4n) is 2.78. The fraction of sp³-hybridized carbons (Fsp3) is 0.158. The number of benzene rings is 2. The molecule has 1 aromatic heterocycles. The summed E-state index contributed by atoms with van der Waals surface area (Å²) in [6, 6.07) is 6.81.